The van der Waals surface area contributed by atoms with Gasteiger partial charge in [-0.1, -0.05) is 48.5 Å². The third-order valence-corrected chi connectivity index (χ3v) is 3.56. The average molecular weight is 466 g/mol. The molecule has 2 aromatic rings. The zero-order valence-electron chi connectivity index (χ0n) is 18.2. The molecule has 2 N–H and O–H groups in total. The van der Waals surface area contributed by atoms with Crippen LogP contribution in [0.15, 0.2) is 66.3 Å². The van der Waals surface area contributed by atoms with Crippen LogP contribution in [-0.2, 0) is 9.59 Å². The molecule has 0 amide bonds. The molecule has 0 atom stereocenters. The molecule has 0 aliphatic rings. The van der Waals surface area contributed by atoms with E-state index in [-0.39, 0.29) is 12.0 Å². The Kier molecular flexibility index (Phi) is 14.9. The first-order valence-corrected chi connectivity index (χ1v) is 9.52. The van der Waals surface area contributed by atoms with Crippen molar-refractivity contribution in [3.05, 3.63) is 88.5 Å². The molecule has 0 heterocycles. The van der Waals surface area contributed by atoms with Crippen LogP contribution in [0, 0.1) is 45.3 Å². The van der Waals surface area contributed by atoms with Gasteiger partial charge in [-0.2, -0.15) is 21.0 Å². The van der Waals surface area contributed by atoms with E-state index in [0.29, 0.717) is 5.56 Å². The Morgan fingerprint density at radius 3 is 1.34 bits per heavy atom. The molecule has 0 fully saturated rings. The third kappa shape index (κ3) is 14.8. The molecule has 9 heteroatoms. The van der Waals surface area contributed by atoms with Gasteiger partial charge in [0.1, 0.15) is 30.4 Å². The van der Waals surface area contributed by atoms with Crippen LogP contribution >= 0.6 is 0 Å². The van der Waals surface area contributed by atoms with Crippen LogP contribution in [0.25, 0.3) is 18.2 Å². The quantitative estimate of drug-likeness (QED) is 0.356. The van der Waals surface area contributed by atoms with Crippen LogP contribution in [0.3, 0.4) is 0 Å². The van der Waals surface area contributed by atoms with E-state index in [1.807, 2.05) is 0 Å². The van der Waals surface area contributed by atoms with Gasteiger partial charge >= 0.3 is 11.9 Å². The molecule has 0 aliphatic carbocycles. The number of hydrogen-bond donors (Lipinski definition) is 2. The Balaban J connectivity index is 0.000000567. The molecule has 0 unspecified atom stereocenters. The van der Waals surface area contributed by atoms with E-state index < -0.39 is 11.9 Å². The molecule has 0 radical (unpaired) electrons. The number of nitrogens with zero attached hydrogens (tertiary/aromatic N) is 4. The zero-order chi connectivity index (χ0) is 26.5. The van der Waals surface area contributed by atoms with Crippen LogP contribution in [0.1, 0.15) is 33.5 Å². The molecule has 0 saturated heterocycles. The Hall–Kier alpha value is -5.77. The summed E-state index contributed by atoms with van der Waals surface area (Å²) in [5, 5.41) is 49.1. The Bertz CT molecular complexity index is 1230. The molecule has 0 bridgehead atoms. The van der Waals surface area contributed by atoms with E-state index in [2.05, 4.69) is 0 Å². The Labute approximate surface area is 201 Å². The second-order valence-corrected chi connectivity index (χ2v) is 6.07. The van der Waals surface area contributed by atoms with Gasteiger partial charge in [0, 0.05) is 17.7 Å². The van der Waals surface area contributed by atoms with Crippen molar-refractivity contribution in [3.63, 3.8) is 0 Å². The number of aliphatic carboxylic acids is 2. The molecule has 0 spiro atoms. The lowest BCUT2D eigenvalue weighted by Crippen LogP contribution is -1.85. The van der Waals surface area contributed by atoms with Crippen molar-refractivity contribution in [1.82, 2.24) is 0 Å². The van der Waals surface area contributed by atoms with Gasteiger partial charge < -0.3 is 10.2 Å². The van der Waals surface area contributed by atoms with Crippen molar-refractivity contribution in [2.45, 2.75) is 6.42 Å². The van der Waals surface area contributed by atoms with Crippen LogP contribution in [0.2, 0.25) is 0 Å². The van der Waals surface area contributed by atoms with Gasteiger partial charge in [-0.25, -0.2) is 9.59 Å². The first kappa shape index (κ1) is 29.2. The van der Waals surface area contributed by atoms with Gasteiger partial charge in [0.05, 0.1) is 12.1 Å². The van der Waals surface area contributed by atoms with E-state index in [0.717, 1.165) is 35.1 Å². The topological polar surface area (TPSA) is 187 Å². The van der Waals surface area contributed by atoms with E-state index in [4.69, 9.17) is 31.3 Å². The fourth-order valence-corrected chi connectivity index (χ4v) is 2.02. The summed E-state index contributed by atoms with van der Waals surface area (Å²) >= 11 is 0. The summed E-state index contributed by atoms with van der Waals surface area (Å²) in [4.78, 5) is 30.7. The van der Waals surface area contributed by atoms with Gasteiger partial charge in [0.15, 0.2) is 0 Å². The summed E-state index contributed by atoms with van der Waals surface area (Å²) in [6.07, 6.45) is 7.23. The fraction of sp³-hybridized carbons (Fsp3) is 0.0385. The molecule has 0 saturated carbocycles. The number of allylic oxidation sites excluding steroid dienone is 1. The van der Waals surface area contributed by atoms with Gasteiger partial charge in [-0.05, 0) is 34.9 Å². The SMILES string of the molecule is N#CC(C#N)=Cc1ccc(/C=C/C(=O)O)cc1.N#CCC#N.O=Cc1ccc(/C=C/C(=O)O)cc1. The van der Waals surface area contributed by atoms with E-state index in [9.17, 15) is 14.4 Å². The van der Waals surface area contributed by atoms with Gasteiger partial charge in [-0.3, -0.25) is 4.79 Å². The molecular weight excluding hydrogens is 448 g/mol. The van der Waals surface area contributed by atoms with Gasteiger partial charge in [0.2, 0.25) is 0 Å². The number of hydrogen-bond acceptors (Lipinski definition) is 7. The third-order valence-electron chi connectivity index (χ3n) is 3.56. The van der Waals surface area contributed by atoms with Crippen molar-refractivity contribution in [1.29, 1.82) is 21.0 Å². The summed E-state index contributed by atoms with van der Waals surface area (Å²) in [5.74, 6) is -2.00. The second-order valence-electron chi connectivity index (χ2n) is 6.07. The summed E-state index contributed by atoms with van der Waals surface area (Å²) in [7, 11) is 0. The highest BCUT2D eigenvalue weighted by molar-refractivity contribution is 5.86. The molecule has 2 aromatic carbocycles. The minimum atomic E-state index is -1.01. The number of nitriles is 4. The summed E-state index contributed by atoms with van der Waals surface area (Å²) < 4.78 is 0. The van der Waals surface area contributed by atoms with Gasteiger partial charge in [0.25, 0.3) is 0 Å². The molecule has 35 heavy (non-hydrogen) atoms. The maximum atomic E-state index is 10.3. The lowest BCUT2D eigenvalue weighted by molar-refractivity contribution is -0.132. The average Bonchev–Trinajstić information content (AvgIpc) is 2.87. The number of carboxylic acid groups (broad SMARTS) is 2. The van der Waals surface area contributed by atoms with Crippen molar-refractivity contribution in [2.24, 2.45) is 0 Å². The van der Waals surface area contributed by atoms with Crippen LogP contribution in [0.5, 0.6) is 0 Å². The van der Waals surface area contributed by atoms with Crippen molar-refractivity contribution in [3.8, 4) is 24.3 Å². The maximum absolute atomic E-state index is 10.3. The van der Waals surface area contributed by atoms with Crippen molar-refractivity contribution < 1.29 is 24.6 Å². The first-order valence-electron chi connectivity index (χ1n) is 9.52. The lowest BCUT2D eigenvalue weighted by Gasteiger charge is -1.95. The van der Waals surface area contributed by atoms with Gasteiger partial charge in [-0.15, -0.1) is 0 Å². The first-order chi connectivity index (χ1) is 16.8. The zero-order valence-corrected chi connectivity index (χ0v) is 18.2. The monoisotopic (exact) mass is 466 g/mol. The largest absolute Gasteiger partial charge is 0.478 e. The smallest absolute Gasteiger partial charge is 0.328 e. The molecule has 2 rings (SSSR count). The normalized spacial score (nSPS) is 8.91. The molecule has 0 aliphatic heterocycles. The molecule has 9 nitrogen and oxygen atoms in total. The number of carbonyl (C=O) groups is 3. The fourth-order valence-electron chi connectivity index (χ4n) is 2.02. The highest BCUT2D eigenvalue weighted by atomic mass is 16.4. The molecule has 172 valence electrons. The van der Waals surface area contributed by atoms with E-state index in [1.165, 1.54) is 18.2 Å². The minimum absolute atomic E-state index is 0. The minimum Gasteiger partial charge on any atom is -0.478 e. The number of carbonyl (C=O) groups excluding carboxylic acids is 1. The number of rotatable bonds is 6. The van der Waals surface area contributed by atoms with Crippen LogP contribution < -0.4 is 0 Å². The number of benzene rings is 2. The van der Waals surface area contributed by atoms with Crippen LogP contribution in [0.4, 0.5) is 0 Å². The summed E-state index contributed by atoms with van der Waals surface area (Å²) in [6, 6.07) is 20.3. The Morgan fingerprint density at radius 1 is 0.686 bits per heavy atom. The predicted molar refractivity (Wildman–Crippen MR) is 127 cm³/mol. The number of aldehydes is 1. The maximum Gasteiger partial charge on any atom is 0.328 e. The lowest BCUT2D eigenvalue weighted by atomic mass is 10.1. The van der Waals surface area contributed by atoms with Crippen LogP contribution in [-0.4, -0.2) is 28.4 Å². The molecular formula is C26H18N4O5. The summed E-state index contributed by atoms with van der Waals surface area (Å²) in [5.41, 5.74) is 2.81. The predicted octanol–water partition coefficient (Wildman–Crippen LogP) is 4.24. The summed E-state index contributed by atoms with van der Waals surface area (Å²) in [6.45, 7) is 0. The highest BCUT2D eigenvalue weighted by Gasteiger charge is 1.95. The molecule has 0 aromatic heterocycles. The van der Waals surface area contributed by atoms with Crippen molar-refractivity contribution in [2.75, 3.05) is 0 Å². The highest BCUT2D eigenvalue weighted by Crippen LogP contribution is 2.10. The van der Waals surface area contributed by atoms with E-state index >= 15 is 0 Å². The van der Waals surface area contributed by atoms with Crippen molar-refractivity contribution >= 4 is 36.5 Å². The second kappa shape index (κ2) is 17.9. The Morgan fingerprint density at radius 2 is 1.06 bits per heavy atom. The number of carboxylic acids is 2. The van der Waals surface area contributed by atoms with E-state index in [1.54, 1.807) is 72.8 Å². The standard InChI is InChI=1S/C13H8N2O2.C10H8O3.C3H2N2/c14-8-12(9-15)7-11-3-1-10(2-4-11)5-6-13(16)17;11-7-9-3-1-8(2-4-9)5-6-10(12)13;4-2-1-3-5/h1-7H,(H,16,17);1-7H,(H,12,13);1H2/b2*6-5+;.